The SMILES string of the molecule is CCCCCN(C)CC(NCCC)C(=O)O. The summed E-state index contributed by atoms with van der Waals surface area (Å²) in [5, 5.41) is 12.1. The van der Waals surface area contributed by atoms with Gasteiger partial charge < -0.3 is 15.3 Å². The van der Waals surface area contributed by atoms with Gasteiger partial charge in [0, 0.05) is 6.54 Å². The van der Waals surface area contributed by atoms with Crippen molar-refractivity contribution in [2.75, 3.05) is 26.7 Å². The predicted octanol–water partition coefficient (Wildman–Crippen LogP) is 1.56. The lowest BCUT2D eigenvalue weighted by Gasteiger charge is -2.22. The van der Waals surface area contributed by atoms with Crippen LogP contribution in [0.3, 0.4) is 0 Å². The first-order chi connectivity index (χ1) is 7.61. The Morgan fingerprint density at radius 1 is 1.31 bits per heavy atom. The molecule has 0 aliphatic carbocycles. The molecule has 0 fully saturated rings. The van der Waals surface area contributed by atoms with Crippen LogP contribution in [0, 0.1) is 0 Å². The molecule has 0 amide bonds. The number of carbonyl (C=O) groups is 1. The van der Waals surface area contributed by atoms with E-state index in [1.165, 1.54) is 12.8 Å². The number of carboxylic acids is 1. The normalized spacial score (nSPS) is 13.0. The number of likely N-dealkylation sites (N-methyl/N-ethyl adjacent to an activating group) is 1. The molecule has 4 heteroatoms. The Morgan fingerprint density at radius 2 is 2.00 bits per heavy atom. The van der Waals surface area contributed by atoms with Gasteiger partial charge in [-0.1, -0.05) is 26.7 Å². The smallest absolute Gasteiger partial charge is 0.322 e. The fourth-order valence-electron chi connectivity index (χ4n) is 1.58. The Morgan fingerprint density at radius 3 is 2.50 bits per heavy atom. The number of carboxylic acid groups (broad SMARTS) is 1. The molecule has 0 aliphatic rings. The topological polar surface area (TPSA) is 52.6 Å². The first-order valence-corrected chi connectivity index (χ1v) is 6.26. The van der Waals surface area contributed by atoms with Crippen LogP contribution in [0.2, 0.25) is 0 Å². The third-order valence-corrected chi connectivity index (χ3v) is 2.58. The molecule has 0 heterocycles. The van der Waals surface area contributed by atoms with Crippen LogP contribution in [0.25, 0.3) is 0 Å². The molecule has 0 aromatic heterocycles. The standard InChI is InChI=1S/C12H26N2O2/c1-4-6-7-9-14(3)10-11(12(15)16)13-8-5-2/h11,13H,4-10H2,1-3H3,(H,15,16). The van der Waals surface area contributed by atoms with Crippen LogP contribution in [-0.4, -0.2) is 48.7 Å². The average molecular weight is 230 g/mol. The van der Waals surface area contributed by atoms with Crippen molar-refractivity contribution in [3.63, 3.8) is 0 Å². The van der Waals surface area contributed by atoms with E-state index in [2.05, 4.69) is 17.1 Å². The summed E-state index contributed by atoms with van der Waals surface area (Å²) in [5.74, 6) is -0.754. The zero-order valence-corrected chi connectivity index (χ0v) is 10.8. The Balaban J connectivity index is 3.83. The summed E-state index contributed by atoms with van der Waals surface area (Å²) in [5.41, 5.74) is 0. The average Bonchev–Trinajstić information content (AvgIpc) is 2.24. The molecule has 0 aromatic rings. The van der Waals surface area contributed by atoms with E-state index in [0.29, 0.717) is 6.54 Å². The van der Waals surface area contributed by atoms with Crippen molar-refractivity contribution in [2.45, 2.75) is 45.6 Å². The highest BCUT2D eigenvalue weighted by atomic mass is 16.4. The first-order valence-electron chi connectivity index (χ1n) is 6.26. The molecule has 4 nitrogen and oxygen atoms in total. The van der Waals surface area contributed by atoms with Gasteiger partial charge in [0.05, 0.1) is 0 Å². The molecule has 0 rings (SSSR count). The van der Waals surface area contributed by atoms with Crippen LogP contribution in [0.15, 0.2) is 0 Å². The summed E-state index contributed by atoms with van der Waals surface area (Å²) in [6.07, 6.45) is 4.52. The van der Waals surface area contributed by atoms with E-state index in [0.717, 1.165) is 25.9 Å². The highest BCUT2D eigenvalue weighted by molar-refractivity contribution is 5.73. The first kappa shape index (κ1) is 15.4. The maximum absolute atomic E-state index is 11.0. The lowest BCUT2D eigenvalue weighted by atomic mass is 10.2. The number of hydrogen-bond donors (Lipinski definition) is 2. The Labute approximate surface area is 99.0 Å². The number of rotatable bonds is 10. The molecule has 0 saturated heterocycles. The van der Waals surface area contributed by atoms with Gasteiger partial charge in [-0.05, 0) is 33.0 Å². The van der Waals surface area contributed by atoms with Crippen molar-refractivity contribution in [1.82, 2.24) is 10.2 Å². The minimum Gasteiger partial charge on any atom is -0.480 e. The van der Waals surface area contributed by atoms with Gasteiger partial charge in [0.2, 0.25) is 0 Å². The van der Waals surface area contributed by atoms with Crippen molar-refractivity contribution in [3.8, 4) is 0 Å². The minimum atomic E-state index is -0.754. The quantitative estimate of drug-likeness (QED) is 0.559. The van der Waals surface area contributed by atoms with Crippen molar-refractivity contribution in [1.29, 1.82) is 0 Å². The minimum absolute atomic E-state index is 0.438. The molecule has 0 aromatic carbocycles. The lowest BCUT2D eigenvalue weighted by molar-refractivity contribution is -0.139. The van der Waals surface area contributed by atoms with Gasteiger partial charge in [-0.3, -0.25) is 4.79 Å². The van der Waals surface area contributed by atoms with E-state index in [1.54, 1.807) is 0 Å². The van der Waals surface area contributed by atoms with Crippen LogP contribution >= 0.6 is 0 Å². The summed E-state index contributed by atoms with van der Waals surface area (Å²) in [6.45, 7) is 6.53. The number of nitrogens with zero attached hydrogens (tertiary/aromatic N) is 1. The van der Waals surface area contributed by atoms with E-state index < -0.39 is 12.0 Å². The molecule has 0 saturated carbocycles. The van der Waals surface area contributed by atoms with Crippen LogP contribution < -0.4 is 5.32 Å². The fourth-order valence-corrected chi connectivity index (χ4v) is 1.58. The summed E-state index contributed by atoms with van der Waals surface area (Å²) in [7, 11) is 1.99. The van der Waals surface area contributed by atoms with Crippen molar-refractivity contribution in [3.05, 3.63) is 0 Å². The lowest BCUT2D eigenvalue weighted by Crippen LogP contribution is -2.45. The summed E-state index contributed by atoms with van der Waals surface area (Å²) < 4.78 is 0. The fraction of sp³-hybridized carbons (Fsp3) is 0.917. The summed E-state index contributed by atoms with van der Waals surface area (Å²) in [6, 6.07) is -0.438. The van der Waals surface area contributed by atoms with E-state index in [1.807, 2.05) is 14.0 Å². The highest BCUT2D eigenvalue weighted by Crippen LogP contribution is 1.98. The van der Waals surface area contributed by atoms with E-state index in [4.69, 9.17) is 5.11 Å². The Bertz CT molecular complexity index is 186. The molecule has 0 spiro atoms. The molecule has 0 radical (unpaired) electrons. The molecular weight excluding hydrogens is 204 g/mol. The second-order valence-corrected chi connectivity index (χ2v) is 4.31. The van der Waals surface area contributed by atoms with Gasteiger partial charge in [-0.25, -0.2) is 0 Å². The monoisotopic (exact) mass is 230 g/mol. The Hall–Kier alpha value is -0.610. The van der Waals surface area contributed by atoms with Gasteiger partial charge in [-0.2, -0.15) is 0 Å². The third-order valence-electron chi connectivity index (χ3n) is 2.58. The van der Waals surface area contributed by atoms with Crippen molar-refractivity contribution in [2.24, 2.45) is 0 Å². The predicted molar refractivity (Wildman–Crippen MR) is 66.7 cm³/mol. The van der Waals surface area contributed by atoms with Gasteiger partial charge in [-0.15, -0.1) is 0 Å². The molecule has 1 atom stereocenters. The number of aliphatic carboxylic acids is 1. The summed E-state index contributed by atoms with van der Waals surface area (Å²) >= 11 is 0. The van der Waals surface area contributed by atoms with Gasteiger partial charge >= 0.3 is 5.97 Å². The van der Waals surface area contributed by atoms with Crippen LogP contribution in [0.4, 0.5) is 0 Å². The Kier molecular flexibility index (Phi) is 9.24. The maximum Gasteiger partial charge on any atom is 0.322 e. The molecule has 96 valence electrons. The van der Waals surface area contributed by atoms with Gasteiger partial charge in [0.25, 0.3) is 0 Å². The van der Waals surface area contributed by atoms with Crippen LogP contribution in [-0.2, 0) is 4.79 Å². The molecule has 0 bridgehead atoms. The maximum atomic E-state index is 11.0. The van der Waals surface area contributed by atoms with Gasteiger partial charge in [0.1, 0.15) is 6.04 Å². The highest BCUT2D eigenvalue weighted by Gasteiger charge is 2.17. The second-order valence-electron chi connectivity index (χ2n) is 4.31. The van der Waals surface area contributed by atoms with E-state index >= 15 is 0 Å². The number of hydrogen-bond acceptors (Lipinski definition) is 3. The number of nitrogens with one attached hydrogen (secondary N) is 1. The van der Waals surface area contributed by atoms with Crippen LogP contribution in [0.1, 0.15) is 39.5 Å². The van der Waals surface area contributed by atoms with E-state index in [-0.39, 0.29) is 0 Å². The van der Waals surface area contributed by atoms with E-state index in [9.17, 15) is 4.79 Å². The number of unbranched alkanes of at least 4 members (excludes halogenated alkanes) is 2. The summed E-state index contributed by atoms with van der Waals surface area (Å²) in [4.78, 5) is 13.1. The molecular formula is C12H26N2O2. The zero-order valence-electron chi connectivity index (χ0n) is 10.8. The van der Waals surface area contributed by atoms with Crippen molar-refractivity contribution < 1.29 is 9.90 Å². The second kappa shape index (κ2) is 9.60. The van der Waals surface area contributed by atoms with Crippen LogP contribution in [0.5, 0.6) is 0 Å². The van der Waals surface area contributed by atoms with Gasteiger partial charge in [0.15, 0.2) is 0 Å². The van der Waals surface area contributed by atoms with Crippen molar-refractivity contribution >= 4 is 5.97 Å². The molecule has 16 heavy (non-hydrogen) atoms. The third kappa shape index (κ3) is 7.65. The molecule has 1 unspecified atom stereocenters. The molecule has 2 N–H and O–H groups in total. The largest absolute Gasteiger partial charge is 0.480 e. The zero-order chi connectivity index (χ0) is 12.4. The molecule has 0 aliphatic heterocycles.